The number of benzene rings is 2. The number of fused-ring (bicyclic) bond motifs is 1. The van der Waals surface area contributed by atoms with Gasteiger partial charge in [0.15, 0.2) is 0 Å². The minimum absolute atomic E-state index is 0.230. The van der Waals surface area contributed by atoms with Gasteiger partial charge in [0.1, 0.15) is 5.82 Å². The van der Waals surface area contributed by atoms with Crippen LogP contribution >= 0.6 is 0 Å². The van der Waals surface area contributed by atoms with Gasteiger partial charge in [-0.05, 0) is 36.2 Å². The average molecular weight is 266 g/mol. The van der Waals surface area contributed by atoms with Crippen molar-refractivity contribution >= 4 is 10.9 Å². The van der Waals surface area contributed by atoms with Crippen molar-refractivity contribution in [3.8, 4) is 0 Å². The van der Waals surface area contributed by atoms with Crippen LogP contribution in [-0.4, -0.2) is 4.98 Å². The Morgan fingerprint density at radius 1 is 1.10 bits per heavy atom. The van der Waals surface area contributed by atoms with Crippen molar-refractivity contribution < 1.29 is 4.39 Å². The monoisotopic (exact) mass is 266 g/mol. The standard InChI is InChI=1S/C17H15FN2/c1-11-4-2-6-14(16(11)18)17(19)13-7-8-15-12(10-13)5-3-9-20-15/h2-10,17H,19H2,1H3. The zero-order chi connectivity index (χ0) is 14.1. The van der Waals surface area contributed by atoms with Crippen molar-refractivity contribution in [1.82, 2.24) is 4.98 Å². The molecule has 0 aliphatic heterocycles. The zero-order valence-corrected chi connectivity index (χ0v) is 11.2. The maximum atomic E-state index is 14.2. The molecule has 0 aliphatic rings. The van der Waals surface area contributed by atoms with Crippen molar-refractivity contribution in [1.29, 1.82) is 0 Å². The Labute approximate surface area is 117 Å². The molecule has 3 rings (SSSR count). The van der Waals surface area contributed by atoms with E-state index in [0.29, 0.717) is 11.1 Å². The third-order valence-electron chi connectivity index (χ3n) is 3.54. The highest BCUT2D eigenvalue weighted by Gasteiger charge is 2.15. The molecule has 3 aromatic rings. The molecule has 2 aromatic carbocycles. The maximum absolute atomic E-state index is 14.2. The number of rotatable bonds is 2. The quantitative estimate of drug-likeness (QED) is 0.767. The predicted molar refractivity (Wildman–Crippen MR) is 78.9 cm³/mol. The van der Waals surface area contributed by atoms with Crippen molar-refractivity contribution in [2.24, 2.45) is 5.73 Å². The molecule has 0 fully saturated rings. The first kappa shape index (κ1) is 12.8. The molecule has 0 saturated heterocycles. The number of halogens is 1. The third kappa shape index (κ3) is 2.17. The number of pyridine rings is 1. The van der Waals surface area contributed by atoms with Crippen LogP contribution in [0.3, 0.4) is 0 Å². The Kier molecular flexibility index (Phi) is 3.20. The topological polar surface area (TPSA) is 38.9 Å². The molecule has 0 spiro atoms. The first-order chi connectivity index (χ1) is 9.66. The summed E-state index contributed by atoms with van der Waals surface area (Å²) in [7, 11) is 0. The molecular weight excluding hydrogens is 251 g/mol. The lowest BCUT2D eigenvalue weighted by molar-refractivity contribution is 0.591. The fraction of sp³-hybridized carbons (Fsp3) is 0.118. The second-order valence-corrected chi connectivity index (χ2v) is 4.91. The molecule has 0 radical (unpaired) electrons. The third-order valence-corrected chi connectivity index (χ3v) is 3.54. The molecule has 1 heterocycles. The molecule has 0 bridgehead atoms. The summed E-state index contributed by atoms with van der Waals surface area (Å²) >= 11 is 0. The zero-order valence-electron chi connectivity index (χ0n) is 11.2. The Bertz CT molecular complexity index is 768. The van der Waals surface area contributed by atoms with E-state index in [1.807, 2.05) is 36.4 Å². The van der Waals surface area contributed by atoms with E-state index >= 15 is 0 Å². The minimum atomic E-state index is -0.473. The van der Waals surface area contributed by atoms with Crippen LogP contribution in [0.2, 0.25) is 0 Å². The SMILES string of the molecule is Cc1cccc(C(N)c2ccc3ncccc3c2)c1F. The maximum Gasteiger partial charge on any atom is 0.131 e. The summed E-state index contributed by atoms with van der Waals surface area (Å²) in [4.78, 5) is 4.27. The van der Waals surface area contributed by atoms with E-state index in [-0.39, 0.29) is 5.82 Å². The molecule has 2 nitrogen and oxygen atoms in total. The van der Waals surface area contributed by atoms with Crippen LogP contribution < -0.4 is 5.73 Å². The first-order valence-electron chi connectivity index (χ1n) is 6.52. The van der Waals surface area contributed by atoms with Crippen molar-refractivity contribution in [2.45, 2.75) is 13.0 Å². The van der Waals surface area contributed by atoms with E-state index in [2.05, 4.69) is 4.98 Å². The molecule has 1 aromatic heterocycles. The Hall–Kier alpha value is -2.26. The normalized spacial score (nSPS) is 12.6. The van der Waals surface area contributed by atoms with E-state index in [0.717, 1.165) is 16.5 Å². The van der Waals surface area contributed by atoms with Gasteiger partial charge in [-0.2, -0.15) is 0 Å². The number of nitrogens with two attached hydrogens (primary N) is 1. The highest BCUT2D eigenvalue weighted by molar-refractivity contribution is 5.79. The van der Waals surface area contributed by atoms with E-state index in [1.54, 1.807) is 25.3 Å². The largest absolute Gasteiger partial charge is 0.320 e. The van der Waals surface area contributed by atoms with E-state index in [1.165, 1.54) is 0 Å². The number of hydrogen-bond donors (Lipinski definition) is 1. The molecule has 2 N–H and O–H groups in total. The summed E-state index contributed by atoms with van der Waals surface area (Å²) in [6.07, 6.45) is 1.75. The lowest BCUT2D eigenvalue weighted by atomic mass is 9.96. The van der Waals surface area contributed by atoms with Crippen LogP contribution in [0.4, 0.5) is 4.39 Å². The van der Waals surface area contributed by atoms with E-state index in [9.17, 15) is 4.39 Å². The summed E-state index contributed by atoms with van der Waals surface area (Å²) in [5.74, 6) is -0.230. The number of nitrogens with zero attached hydrogens (tertiary/aromatic N) is 1. The molecule has 1 atom stereocenters. The molecule has 0 aliphatic carbocycles. The van der Waals surface area contributed by atoms with Gasteiger partial charge in [0, 0.05) is 17.1 Å². The Morgan fingerprint density at radius 2 is 1.95 bits per heavy atom. The second kappa shape index (κ2) is 5.02. The van der Waals surface area contributed by atoms with Crippen LogP contribution in [-0.2, 0) is 0 Å². The van der Waals surface area contributed by atoms with Crippen LogP contribution in [0.5, 0.6) is 0 Å². The predicted octanol–water partition coefficient (Wildman–Crippen LogP) is 3.73. The Morgan fingerprint density at radius 3 is 2.80 bits per heavy atom. The van der Waals surface area contributed by atoms with Crippen molar-refractivity contribution in [3.63, 3.8) is 0 Å². The molecule has 100 valence electrons. The Balaban J connectivity index is 2.08. The van der Waals surface area contributed by atoms with Gasteiger partial charge in [-0.3, -0.25) is 4.98 Å². The lowest BCUT2D eigenvalue weighted by Gasteiger charge is -2.15. The van der Waals surface area contributed by atoms with Gasteiger partial charge in [-0.25, -0.2) is 4.39 Å². The second-order valence-electron chi connectivity index (χ2n) is 4.91. The summed E-state index contributed by atoms with van der Waals surface area (Å²) in [5.41, 5.74) is 9.14. The average Bonchev–Trinajstić information content (AvgIpc) is 2.49. The number of aryl methyl sites for hydroxylation is 1. The fourth-order valence-electron chi connectivity index (χ4n) is 2.38. The summed E-state index contributed by atoms with van der Waals surface area (Å²) in [6, 6.07) is 14.5. The number of hydrogen-bond acceptors (Lipinski definition) is 2. The fourth-order valence-corrected chi connectivity index (χ4v) is 2.38. The summed E-state index contributed by atoms with van der Waals surface area (Å²) < 4.78 is 14.2. The van der Waals surface area contributed by atoms with Crippen molar-refractivity contribution in [2.75, 3.05) is 0 Å². The van der Waals surface area contributed by atoms with Crippen molar-refractivity contribution in [3.05, 3.63) is 77.2 Å². The summed E-state index contributed by atoms with van der Waals surface area (Å²) in [5, 5.41) is 1.01. The van der Waals surface area contributed by atoms with Gasteiger partial charge in [-0.15, -0.1) is 0 Å². The van der Waals surface area contributed by atoms with E-state index < -0.39 is 6.04 Å². The van der Waals surface area contributed by atoms with Gasteiger partial charge in [0.25, 0.3) is 0 Å². The van der Waals surface area contributed by atoms with Gasteiger partial charge in [-0.1, -0.05) is 30.3 Å². The van der Waals surface area contributed by atoms with Crippen LogP contribution in [0.15, 0.2) is 54.7 Å². The van der Waals surface area contributed by atoms with Crippen LogP contribution in [0.25, 0.3) is 10.9 Å². The highest BCUT2D eigenvalue weighted by Crippen LogP contribution is 2.26. The van der Waals surface area contributed by atoms with Gasteiger partial charge in [0.05, 0.1) is 11.6 Å². The highest BCUT2D eigenvalue weighted by atomic mass is 19.1. The molecule has 20 heavy (non-hydrogen) atoms. The van der Waals surface area contributed by atoms with E-state index in [4.69, 9.17) is 5.73 Å². The van der Waals surface area contributed by atoms with Crippen LogP contribution in [0, 0.1) is 12.7 Å². The molecule has 1 unspecified atom stereocenters. The minimum Gasteiger partial charge on any atom is -0.320 e. The lowest BCUT2D eigenvalue weighted by Crippen LogP contribution is -2.14. The van der Waals surface area contributed by atoms with Gasteiger partial charge in [0.2, 0.25) is 0 Å². The number of aromatic nitrogens is 1. The van der Waals surface area contributed by atoms with Gasteiger partial charge >= 0.3 is 0 Å². The van der Waals surface area contributed by atoms with Crippen LogP contribution in [0.1, 0.15) is 22.7 Å². The van der Waals surface area contributed by atoms with Gasteiger partial charge < -0.3 is 5.73 Å². The molecule has 3 heteroatoms. The molecular formula is C17H15FN2. The smallest absolute Gasteiger partial charge is 0.131 e. The molecule has 0 saturated carbocycles. The molecule has 0 amide bonds. The first-order valence-corrected chi connectivity index (χ1v) is 6.52. The summed E-state index contributed by atoms with van der Waals surface area (Å²) in [6.45, 7) is 1.75.